The number of hydrogen-bond donors (Lipinski definition) is 2. The Hall–Kier alpha value is -1.91. The van der Waals surface area contributed by atoms with Crippen molar-refractivity contribution in [3.05, 3.63) is 48.7 Å². The van der Waals surface area contributed by atoms with Crippen LogP contribution in [0.3, 0.4) is 0 Å². The maximum atomic E-state index is 9.83. The molecule has 3 saturated heterocycles. The van der Waals surface area contributed by atoms with E-state index in [-0.39, 0.29) is 11.8 Å². The first-order chi connectivity index (χ1) is 11.2. The molecule has 4 heteroatoms. The number of phenols is 1. The van der Waals surface area contributed by atoms with Crippen LogP contribution in [0.25, 0.3) is 10.9 Å². The smallest absolute Gasteiger partial charge is 0.116 e. The van der Waals surface area contributed by atoms with Gasteiger partial charge in [0.1, 0.15) is 5.75 Å². The number of aromatic hydroxyl groups is 1. The van der Waals surface area contributed by atoms with E-state index < -0.39 is 0 Å². The standard InChI is InChI=1S/C19H23N3O/c1-2-12-11-22-8-6-13(12)9-18(22)19(20)15-5-7-21-17-4-3-14(23)10-16(15)17/h2-5,7,10,12-13,18-19,23H,1,6,8-9,11,20H2/t12-,13-,18+,19-/m0/s1. The number of aromatic nitrogens is 1. The summed E-state index contributed by atoms with van der Waals surface area (Å²) < 4.78 is 0. The topological polar surface area (TPSA) is 62.4 Å². The van der Waals surface area contributed by atoms with Crippen molar-refractivity contribution in [2.75, 3.05) is 13.1 Å². The van der Waals surface area contributed by atoms with Gasteiger partial charge in [0.05, 0.1) is 5.52 Å². The highest BCUT2D eigenvalue weighted by atomic mass is 16.3. The first kappa shape index (κ1) is 14.7. The third-order valence-corrected chi connectivity index (χ3v) is 5.69. The van der Waals surface area contributed by atoms with Gasteiger partial charge in [-0.15, -0.1) is 6.58 Å². The van der Waals surface area contributed by atoms with E-state index in [9.17, 15) is 5.11 Å². The highest BCUT2D eigenvalue weighted by Gasteiger charge is 2.41. The predicted octanol–water partition coefficient (Wildman–Crippen LogP) is 2.84. The maximum Gasteiger partial charge on any atom is 0.116 e. The van der Waals surface area contributed by atoms with Gasteiger partial charge in [-0.1, -0.05) is 6.08 Å². The van der Waals surface area contributed by atoms with Gasteiger partial charge in [0.25, 0.3) is 0 Å². The van der Waals surface area contributed by atoms with Crippen LogP contribution < -0.4 is 5.73 Å². The van der Waals surface area contributed by atoms with Crippen molar-refractivity contribution in [3.63, 3.8) is 0 Å². The van der Waals surface area contributed by atoms with Gasteiger partial charge in [-0.05, 0) is 61.1 Å². The minimum Gasteiger partial charge on any atom is -0.508 e. The molecule has 2 aromatic rings. The average Bonchev–Trinajstić information content (AvgIpc) is 2.60. The van der Waals surface area contributed by atoms with Crippen molar-refractivity contribution in [3.8, 4) is 5.75 Å². The molecule has 0 amide bonds. The Morgan fingerprint density at radius 1 is 1.39 bits per heavy atom. The lowest BCUT2D eigenvalue weighted by Crippen LogP contribution is -2.56. The fraction of sp³-hybridized carbons (Fsp3) is 0.421. The summed E-state index contributed by atoms with van der Waals surface area (Å²) >= 11 is 0. The molecule has 2 bridgehead atoms. The van der Waals surface area contributed by atoms with Crippen LogP contribution in [0, 0.1) is 11.8 Å². The summed E-state index contributed by atoms with van der Waals surface area (Å²) in [5.41, 5.74) is 8.65. The monoisotopic (exact) mass is 309 g/mol. The Kier molecular flexibility index (Phi) is 3.58. The molecule has 0 saturated carbocycles. The quantitative estimate of drug-likeness (QED) is 0.856. The van der Waals surface area contributed by atoms with E-state index in [0.29, 0.717) is 17.9 Å². The molecular weight excluding hydrogens is 286 g/mol. The van der Waals surface area contributed by atoms with Crippen LogP contribution in [0.1, 0.15) is 24.4 Å². The molecule has 3 aliphatic rings. The van der Waals surface area contributed by atoms with Gasteiger partial charge in [0.2, 0.25) is 0 Å². The SMILES string of the molecule is C=C[C@H]1CN2CC[C@H]1C[C@@H]2[C@@H](N)c1ccnc2ccc(O)cc12. The summed E-state index contributed by atoms with van der Waals surface area (Å²) in [6.07, 6.45) is 6.30. The van der Waals surface area contributed by atoms with Crippen LogP contribution in [0.5, 0.6) is 5.75 Å². The maximum absolute atomic E-state index is 9.83. The highest BCUT2D eigenvalue weighted by molar-refractivity contribution is 5.83. The molecule has 120 valence electrons. The molecule has 4 nitrogen and oxygen atoms in total. The van der Waals surface area contributed by atoms with E-state index in [1.807, 2.05) is 18.3 Å². The number of hydrogen-bond acceptors (Lipinski definition) is 4. The first-order valence-corrected chi connectivity index (χ1v) is 8.37. The molecular formula is C19H23N3O. The molecule has 4 heterocycles. The van der Waals surface area contributed by atoms with Crippen molar-refractivity contribution < 1.29 is 5.11 Å². The lowest BCUT2D eigenvalue weighted by Gasteiger charge is -2.51. The number of fused-ring (bicyclic) bond motifs is 4. The van der Waals surface area contributed by atoms with Crippen molar-refractivity contribution in [1.82, 2.24) is 9.88 Å². The van der Waals surface area contributed by atoms with Crippen LogP contribution >= 0.6 is 0 Å². The van der Waals surface area contributed by atoms with Crippen LogP contribution in [-0.2, 0) is 0 Å². The van der Waals surface area contributed by atoms with Crippen molar-refractivity contribution in [1.29, 1.82) is 0 Å². The van der Waals surface area contributed by atoms with Crippen LogP contribution in [-0.4, -0.2) is 34.1 Å². The van der Waals surface area contributed by atoms with E-state index in [1.54, 1.807) is 12.1 Å². The van der Waals surface area contributed by atoms with Gasteiger partial charge in [-0.25, -0.2) is 0 Å². The molecule has 23 heavy (non-hydrogen) atoms. The predicted molar refractivity (Wildman–Crippen MR) is 92.1 cm³/mol. The summed E-state index contributed by atoms with van der Waals surface area (Å²) in [6.45, 7) is 6.18. The molecule has 1 unspecified atom stereocenters. The molecule has 3 fully saturated rings. The van der Waals surface area contributed by atoms with E-state index in [4.69, 9.17) is 5.73 Å². The normalized spacial score (nSPS) is 31.2. The van der Waals surface area contributed by atoms with E-state index in [2.05, 4.69) is 22.5 Å². The number of phenolic OH excluding ortho intramolecular Hbond substituents is 1. The summed E-state index contributed by atoms with van der Waals surface area (Å²) in [7, 11) is 0. The largest absolute Gasteiger partial charge is 0.508 e. The fourth-order valence-corrected chi connectivity index (χ4v) is 4.40. The van der Waals surface area contributed by atoms with Gasteiger partial charge < -0.3 is 10.8 Å². The van der Waals surface area contributed by atoms with Gasteiger partial charge in [0, 0.05) is 30.2 Å². The molecule has 5 rings (SSSR count). The fourth-order valence-electron chi connectivity index (χ4n) is 4.40. The van der Waals surface area contributed by atoms with Crippen molar-refractivity contribution in [2.45, 2.75) is 24.9 Å². The van der Waals surface area contributed by atoms with E-state index >= 15 is 0 Å². The van der Waals surface area contributed by atoms with Gasteiger partial charge >= 0.3 is 0 Å². The first-order valence-electron chi connectivity index (χ1n) is 8.37. The third-order valence-electron chi connectivity index (χ3n) is 5.69. The second-order valence-electron chi connectivity index (χ2n) is 6.87. The molecule has 0 radical (unpaired) electrons. The molecule has 5 atom stereocenters. The van der Waals surface area contributed by atoms with Crippen LogP contribution in [0.15, 0.2) is 43.1 Å². The van der Waals surface area contributed by atoms with Crippen molar-refractivity contribution >= 4 is 10.9 Å². The number of piperidine rings is 3. The van der Waals surface area contributed by atoms with Gasteiger partial charge in [-0.3, -0.25) is 9.88 Å². The zero-order valence-electron chi connectivity index (χ0n) is 13.2. The molecule has 3 N–H and O–H groups in total. The minimum atomic E-state index is -0.0594. The van der Waals surface area contributed by atoms with Gasteiger partial charge in [-0.2, -0.15) is 0 Å². The Morgan fingerprint density at radius 3 is 3.00 bits per heavy atom. The van der Waals surface area contributed by atoms with E-state index in [1.165, 1.54) is 6.42 Å². The molecule has 0 spiro atoms. The summed E-state index contributed by atoms with van der Waals surface area (Å²) in [4.78, 5) is 6.91. The molecule has 0 aliphatic carbocycles. The summed E-state index contributed by atoms with van der Waals surface area (Å²) in [6, 6.07) is 7.60. The zero-order chi connectivity index (χ0) is 16.0. The Labute approximate surface area is 136 Å². The second-order valence-corrected chi connectivity index (χ2v) is 6.87. The lowest BCUT2D eigenvalue weighted by molar-refractivity contribution is 0.00749. The lowest BCUT2D eigenvalue weighted by atomic mass is 9.73. The number of benzene rings is 1. The second kappa shape index (κ2) is 5.62. The number of pyridine rings is 1. The Bertz CT molecular complexity index is 744. The molecule has 1 aromatic heterocycles. The number of nitrogens with zero attached hydrogens (tertiary/aromatic N) is 2. The van der Waals surface area contributed by atoms with E-state index in [0.717, 1.165) is 36.0 Å². The Balaban J connectivity index is 1.69. The third kappa shape index (κ3) is 2.42. The minimum absolute atomic E-state index is 0.0594. The molecule has 3 aliphatic heterocycles. The number of nitrogens with two attached hydrogens (primary N) is 1. The summed E-state index contributed by atoms with van der Waals surface area (Å²) in [5.74, 6) is 1.57. The zero-order valence-corrected chi connectivity index (χ0v) is 13.2. The highest BCUT2D eigenvalue weighted by Crippen LogP contribution is 2.41. The average molecular weight is 309 g/mol. The van der Waals surface area contributed by atoms with Crippen molar-refractivity contribution in [2.24, 2.45) is 17.6 Å². The Morgan fingerprint density at radius 2 is 2.26 bits per heavy atom. The molecule has 1 aromatic carbocycles. The van der Waals surface area contributed by atoms with Gasteiger partial charge in [0.15, 0.2) is 0 Å². The number of rotatable bonds is 3. The van der Waals surface area contributed by atoms with Crippen LogP contribution in [0.2, 0.25) is 0 Å². The summed E-state index contributed by atoms with van der Waals surface area (Å²) in [5, 5.41) is 10.8. The van der Waals surface area contributed by atoms with Crippen LogP contribution in [0.4, 0.5) is 0 Å².